The zero-order valence-corrected chi connectivity index (χ0v) is 35.4. The van der Waals surface area contributed by atoms with Crippen LogP contribution in [0.2, 0.25) is 0 Å². The van der Waals surface area contributed by atoms with E-state index >= 15 is 0 Å². The van der Waals surface area contributed by atoms with E-state index in [9.17, 15) is 19.2 Å². The number of methoxy groups -OCH3 is 2. The van der Waals surface area contributed by atoms with Crippen molar-refractivity contribution in [3.05, 3.63) is 102 Å². The molecule has 0 aliphatic carbocycles. The Morgan fingerprint density at radius 2 is 1.39 bits per heavy atom. The molecule has 5 aromatic rings. The number of hydrogen-bond donors (Lipinski definition) is 4. The minimum Gasteiger partial charge on any atom is -0.453 e. The number of hydrogen-bond acceptors (Lipinski definition) is 9. The van der Waals surface area contributed by atoms with Crippen LogP contribution in [-0.4, -0.2) is 94.9 Å². The van der Waals surface area contributed by atoms with E-state index in [1.54, 1.807) is 11.1 Å². The van der Waals surface area contributed by atoms with Gasteiger partial charge in [0.2, 0.25) is 11.8 Å². The number of rotatable bonds is 9. The van der Waals surface area contributed by atoms with Crippen LogP contribution >= 0.6 is 0 Å². The van der Waals surface area contributed by atoms with Gasteiger partial charge in [-0.1, -0.05) is 80.6 Å². The van der Waals surface area contributed by atoms with Gasteiger partial charge < -0.3 is 39.7 Å². The number of para-hydroxylation sites is 1. The number of ether oxygens (including phenoxy) is 3. The van der Waals surface area contributed by atoms with E-state index in [2.05, 4.69) is 75.2 Å². The van der Waals surface area contributed by atoms with Crippen LogP contribution in [-0.2, 0) is 36.6 Å². The van der Waals surface area contributed by atoms with Crippen molar-refractivity contribution >= 4 is 29.7 Å². The molecule has 2 fully saturated rings. The Morgan fingerprint density at radius 3 is 1.98 bits per heavy atom. The summed E-state index contributed by atoms with van der Waals surface area (Å²) in [5, 5.41) is 5.50. The van der Waals surface area contributed by atoms with Gasteiger partial charge in [0.25, 0.3) is 0 Å². The molecule has 15 nitrogen and oxygen atoms in total. The molecule has 15 heteroatoms. The van der Waals surface area contributed by atoms with Crippen LogP contribution in [0.15, 0.2) is 79.1 Å². The number of aromatic nitrogens is 4. The monoisotopic (exact) mass is 840 g/mol. The highest BCUT2D eigenvalue weighted by molar-refractivity contribution is 6.02. The maximum atomic E-state index is 14.1. The normalized spacial score (nSPS) is 20.8. The van der Waals surface area contributed by atoms with Gasteiger partial charge in [-0.25, -0.2) is 19.6 Å². The van der Waals surface area contributed by atoms with Gasteiger partial charge in [-0.05, 0) is 76.8 Å². The van der Waals surface area contributed by atoms with Crippen LogP contribution in [0.25, 0.3) is 33.6 Å². The van der Waals surface area contributed by atoms with Crippen molar-refractivity contribution in [1.29, 1.82) is 0 Å². The number of alkyl carbamates (subject to hydrolysis) is 2. The molecule has 1 spiro atoms. The van der Waals surface area contributed by atoms with Crippen LogP contribution in [0.1, 0.15) is 74.4 Å². The molecule has 2 saturated heterocycles. The van der Waals surface area contributed by atoms with Gasteiger partial charge in [0, 0.05) is 26.2 Å². The number of anilines is 1. The third-order valence-electron chi connectivity index (χ3n) is 13.2. The second-order valence-electron chi connectivity index (χ2n) is 17.3. The van der Waals surface area contributed by atoms with Gasteiger partial charge in [-0.3, -0.25) is 14.5 Å². The first-order valence-electron chi connectivity index (χ1n) is 21.4. The molecule has 6 heterocycles. The van der Waals surface area contributed by atoms with Gasteiger partial charge in [0.1, 0.15) is 23.7 Å². The lowest BCUT2D eigenvalue weighted by molar-refractivity contribution is -0.136. The maximum absolute atomic E-state index is 14.1. The van der Waals surface area contributed by atoms with Crippen LogP contribution < -0.4 is 15.5 Å². The third-order valence-corrected chi connectivity index (χ3v) is 13.2. The number of nitrogens with zero attached hydrogens (tertiary/aromatic N) is 4. The number of imidazole rings is 2. The first kappa shape index (κ1) is 40.9. The Hall–Kier alpha value is -6.48. The Balaban J connectivity index is 0.902. The number of carbonyl (C=O) groups excluding carboxylic acids is 4. The molecule has 4 aliphatic rings. The fraction of sp³-hybridized carbons (Fsp3) is 0.404. The van der Waals surface area contributed by atoms with Gasteiger partial charge >= 0.3 is 12.2 Å². The summed E-state index contributed by atoms with van der Waals surface area (Å²) in [6.45, 7) is 5.72. The predicted molar refractivity (Wildman–Crippen MR) is 231 cm³/mol. The molecule has 0 radical (unpaired) electrons. The topological polar surface area (TPSA) is 184 Å². The van der Waals surface area contributed by atoms with Crippen LogP contribution in [0.4, 0.5) is 15.3 Å². The van der Waals surface area contributed by atoms with Gasteiger partial charge in [0.15, 0.2) is 0 Å². The first-order valence-corrected chi connectivity index (χ1v) is 21.4. The summed E-state index contributed by atoms with van der Waals surface area (Å²) in [6.07, 6.45) is 6.61. The van der Waals surface area contributed by atoms with E-state index in [1.807, 2.05) is 37.1 Å². The van der Waals surface area contributed by atoms with Crippen molar-refractivity contribution in [3.63, 3.8) is 0 Å². The predicted octanol–water partition coefficient (Wildman–Crippen LogP) is 6.89. The highest BCUT2D eigenvalue weighted by atomic mass is 16.5. The Bertz CT molecular complexity index is 2470. The van der Waals surface area contributed by atoms with Gasteiger partial charge in [0.05, 0.1) is 55.8 Å². The van der Waals surface area contributed by atoms with Crippen molar-refractivity contribution in [2.75, 3.05) is 38.9 Å². The average molecular weight is 841 g/mol. The number of likely N-dealkylation sites (tertiary alicyclic amines) is 1. The average Bonchev–Trinajstić information content (AvgIpc) is 4.11. The van der Waals surface area contributed by atoms with Crippen molar-refractivity contribution in [1.82, 2.24) is 35.5 Å². The fourth-order valence-corrected chi connectivity index (χ4v) is 9.75. The summed E-state index contributed by atoms with van der Waals surface area (Å²) in [7, 11) is 2.60. The van der Waals surface area contributed by atoms with Crippen molar-refractivity contribution in [2.45, 2.75) is 76.5 Å². The van der Waals surface area contributed by atoms with E-state index in [1.165, 1.54) is 14.2 Å². The molecular weight excluding hydrogens is 789 g/mol. The van der Waals surface area contributed by atoms with E-state index in [4.69, 9.17) is 24.2 Å². The van der Waals surface area contributed by atoms with E-state index in [-0.39, 0.29) is 35.2 Å². The van der Waals surface area contributed by atoms with E-state index in [0.29, 0.717) is 44.8 Å². The largest absolute Gasteiger partial charge is 0.453 e. The molecule has 322 valence electrons. The highest BCUT2D eigenvalue weighted by Gasteiger charge is 2.50. The summed E-state index contributed by atoms with van der Waals surface area (Å²) in [5.74, 6) is 0.948. The first-order chi connectivity index (χ1) is 30.0. The summed E-state index contributed by atoms with van der Waals surface area (Å²) >= 11 is 0. The minimum atomic E-state index is -0.731. The molecule has 0 bridgehead atoms. The number of nitrogens with one attached hydrogen (secondary N) is 4. The molecule has 9 rings (SSSR count). The zero-order valence-electron chi connectivity index (χ0n) is 35.4. The molecule has 2 aromatic heterocycles. The smallest absolute Gasteiger partial charge is 0.407 e. The number of amides is 4. The molecular formula is C47H52N8O7. The number of carbonyl (C=O) groups is 4. The second-order valence-corrected chi connectivity index (χ2v) is 17.3. The SMILES string of the molecule is COC(=O)N[C@H]1CCc2cccc3c2N(C1=O)[C@H](c1ncc(-c2ccc(-c4ccc(-c5cnc(C6CC7(CCOCC7)CN6C(=O)[C@@H](NC(=O)OC)C(C)C)[nH]5)cc4)cc2)[nH]1)C3. The highest BCUT2D eigenvalue weighted by Crippen LogP contribution is 2.49. The number of aromatic amines is 2. The van der Waals surface area contributed by atoms with E-state index < -0.39 is 24.3 Å². The van der Waals surface area contributed by atoms with Crippen LogP contribution in [0, 0.1) is 11.3 Å². The van der Waals surface area contributed by atoms with Crippen LogP contribution in [0.3, 0.4) is 0 Å². The molecule has 4 N–H and O–H groups in total. The standard InChI is InChI=1S/C47H52N8O7/c1-27(2)39(53-46(59)61-4)44(57)54-26-47(18-20-62-21-19-47)23-38(54)42-49-25-36(51-42)31-14-10-29(11-15-31)28-8-12-30(13-9-28)35-24-48-41(50-35)37-22-33-7-5-6-32-16-17-34(52-45(58)60-3)43(56)55(37)40(32)33/h5-15,24-25,27,34,37-39H,16-23,26H2,1-4H3,(H,48,50)(H,49,51)(H,52,58)(H,53,59)/t34-,37-,38?,39-/m0/s1. The third kappa shape index (κ3) is 7.69. The second kappa shape index (κ2) is 16.8. The lowest BCUT2D eigenvalue weighted by atomic mass is 9.78. The molecule has 4 atom stereocenters. The molecule has 1 unspecified atom stereocenters. The summed E-state index contributed by atoms with van der Waals surface area (Å²) < 4.78 is 15.4. The summed E-state index contributed by atoms with van der Waals surface area (Å²) in [6, 6.07) is 20.6. The summed E-state index contributed by atoms with van der Waals surface area (Å²) in [5.41, 5.74) is 8.71. The number of benzene rings is 3. The maximum Gasteiger partial charge on any atom is 0.407 e. The molecule has 3 aromatic carbocycles. The van der Waals surface area contributed by atoms with Gasteiger partial charge in [-0.15, -0.1) is 0 Å². The quantitative estimate of drug-likeness (QED) is 0.123. The van der Waals surface area contributed by atoms with Crippen LogP contribution in [0.5, 0.6) is 0 Å². The summed E-state index contributed by atoms with van der Waals surface area (Å²) in [4.78, 5) is 72.8. The Morgan fingerprint density at radius 1 is 0.806 bits per heavy atom. The zero-order chi connectivity index (χ0) is 43.1. The molecule has 4 amide bonds. The van der Waals surface area contributed by atoms with Gasteiger partial charge in [-0.2, -0.15) is 0 Å². The van der Waals surface area contributed by atoms with Crippen molar-refractivity contribution < 1.29 is 33.4 Å². The fourth-order valence-electron chi connectivity index (χ4n) is 9.75. The van der Waals surface area contributed by atoms with Crippen molar-refractivity contribution in [2.24, 2.45) is 11.3 Å². The number of aryl methyl sites for hydroxylation is 1. The van der Waals surface area contributed by atoms with E-state index in [0.717, 1.165) is 75.5 Å². The molecule has 0 saturated carbocycles. The molecule has 62 heavy (non-hydrogen) atoms. The minimum absolute atomic E-state index is 0.0783. The molecule has 4 aliphatic heterocycles. The Labute approximate surface area is 359 Å². The lowest BCUT2D eigenvalue weighted by Crippen LogP contribution is -2.51. The van der Waals surface area contributed by atoms with Crippen molar-refractivity contribution in [3.8, 4) is 33.6 Å². The number of H-pyrrole nitrogens is 2. The lowest BCUT2D eigenvalue weighted by Gasteiger charge is -2.34. The Kier molecular flexibility index (Phi) is 11.1.